The van der Waals surface area contributed by atoms with Crippen molar-refractivity contribution in [1.29, 1.82) is 0 Å². The van der Waals surface area contributed by atoms with Crippen molar-refractivity contribution >= 4 is 22.8 Å². The zero-order valence-electron chi connectivity index (χ0n) is 9.90. The van der Waals surface area contributed by atoms with Crippen LogP contribution in [0.1, 0.15) is 28.8 Å². The number of aromatic nitrogens is 1. The van der Waals surface area contributed by atoms with Gasteiger partial charge in [-0.15, -0.1) is 11.3 Å². The smallest absolute Gasteiger partial charge is 0.270 e. The molecule has 1 heterocycles. The molecule has 0 aliphatic rings. The highest BCUT2D eigenvalue weighted by Crippen LogP contribution is 2.19. The molecule has 1 aromatic heterocycles. The second-order valence-electron chi connectivity index (χ2n) is 3.38. The Morgan fingerprint density at radius 2 is 2.47 bits per heavy atom. The lowest BCUT2D eigenvalue weighted by atomic mass is 10.2. The molecule has 0 fully saturated rings. The Morgan fingerprint density at radius 1 is 1.71 bits per heavy atom. The Kier molecular flexibility index (Phi) is 5.59. The van der Waals surface area contributed by atoms with E-state index < -0.39 is 0 Å². The van der Waals surface area contributed by atoms with Gasteiger partial charge in [-0.1, -0.05) is 18.7 Å². The topological polar surface area (TPSA) is 68.0 Å². The molecule has 4 nitrogen and oxygen atoms in total. The highest BCUT2D eigenvalue weighted by Gasteiger charge is 2.10. The van der Waals surface area contributed by atoms with Gasteiger partial charge in [0.25, 0.3) is 5.91 Å². The molecular formula is C12H17N3OS. The zero-order valence-corrected chi connectivity index (χ0v) is 10.7. The summed E-state index contributed by atoms with van der Waals surface area (Å²) in [6.07, 6.45) is 4.42. The maximum atomic E-state index is 11.7. The first-order valence-corrected chi connectivity index (χ1v) is 6.33. The Morgan fingerprint density at radius 3 is 3.06 bits per heavy atom. The van der Waals surface area contributed by atoms with Crippen LogP contribution >= 0.6 is 11.3 Å². The second-order valence-corrected chi connectivity index (χ2v) is 4.24. The van der Waals surface area contributed by atoms with E-state index >= 15 is 0 Å². The Labute approximate surface area is 105 Å². The van der Waals surface area contributed by atoms with E-state index in [1.54, 1.807) is 11.5 Å². The first kappa shape index (κ1) is 13.6. The number of nitrogens with one attached hydrogen (secondary N) is 1. The first-order valence-electron chi connectivity index (χ1n) is 5.45. The third kappa shape index (κ3) is 3.80. The largest absolute Gasteiger partial charge is 0.351 e. The summed E-state index contributed by atoms with van der Waals surface area (Å²) < 4.78 is 0. The fourth-order valence-electron chi connectivity index (χ4n) is 1.23. The second kappa shape index (κ2) is 6.98. The van der Waals surface area contributed by atoms with Gasteiger partial charge in [-0.3, -0.25) is 4.79 Å². The zero-order chi connectivity index (χ0) is 12.7. The third-order valence-electron chi connectivity index (χ3n) is 2.18. The van der Waals surface area contributed by atoms with Gasteiger partial charge in [0.2, 0.25) is 0 Å². The van der Waals surface area contributed by atoms with Crippen LogP contribution in [0.4, 0.5) is 0 Å². The number of thiazole rings is 1. The summed E-state index contributed by atoms with van der Waals surface area (Å²) in [5.41, 5.74) is 6.74. The van der Waals surface area contributed by atoms with E-state index in [1.807, 2.05) is 13.0 Å². The lowest BCUT2D eigenvalue weighted by Gasteiger charge is -2.00. The Bertz CT molecular complexity index is 423. The first-order chi connectivity index (χ1) is 8.22. The lowest BCUT2D eigenvalue weighted by Crippen LogP contribution is -2.26. The maximum Gasteiger partial charge on any atom is 0.270 e. The van der Waals surface area contributed by atoms with Gasteiger partial charge in [-0.25, -0.2) is 4.98 Å². The highest BCUT2D eigenvalue weighted by molar-refractivity contribution is 7.11. The van der Waals surface area contributed by atoms with Gasteiger partial charge in [0.05, 0.1) is 0 Å². The number of nitrogens with zero attached hydrogens (tertiary/aromatic N) is 1. The molecule has 1 amide bonds. The molecule has 0 radical (unpaired) electrons. The average Bonchev–Trinajstić information content (AvgIpc) is 2.80. The van der Waals surface area contributed by atoms with Crippen molar-refractivity contribution in [3.8, 4) is 0 Å². The van der Waals surface area contributed by atoms with Gasteiger partial charge < -0.3 is 11.1 Å². The van der Waals surface area contributed by atoms with Crippen molar-refractivity contribution in [1.82, 2.24) is 10.3 Å². The van der Waals surface area contributed by atoms with E-state index in [1.165, 1.54) is 11.3 Å². The van der Waals surface area contributed by atoms with Crippen LogP contribution in [0, 0.1) is 0 Å². The number of carbonyl (C=O) groups excluding carboxylic acids is 1. The van der Waals surface area contributed by atoms with Crippen LogP contribution in [0.25, 0.3) is 5.57 Å². The van der Waals surface area contributed by atoms with E-state index in [4.69, 9.17) is 5.73 Å². The van der Waals surface area contributed by atoms with Crippen molar-refractivity contribution in [2.45, 2.75) is 13.3 Å². The molecule has 92 valence electrons. The van der Waals surface area contributed by atoms with Gasteiger partial charge in [-0.05, 0) is 19.9 Å². The molecule has 17 heavy (non-hydrogen) atoms. The number of allylic oxidation sites excluding steroid dienone is 3. The molecule has 0 aliphatic carbocycles. The van der Waals surface area contributed by atoms with Crippen LogP contribution in [0.5, 0.6) is 0 Å². The highest BCUT2D eigenvalue weighted by atomic mass is 32.1. The van der Waals surface area contributed by atoms with E-state index in [2.05, 4.69) is 16.9 Å². The molecule has 0 spiro atoms. The van der Waals surface area contributed by atoms with Crippen LogP contribution in [0.15, 0.2) is 24.1 Å². The minimum absolute atomic E-state index is 0.152. The average molecular weight is 251 g/mol. The number of hydrogen-bond donors (Lipinski definition) is 2. The standard InChI is InChI=1S/C12H17N3OS/c1-3-9(4-2)12-15-10(8-17-12)11(16)14-7-5-6-13/h3-4,8H,1,5-7,13H2,2H3,(H,14,16)/b9-4+. The van der Waals surface area contributed by atoms with Crippen LogP contribution in [0.2, 0.25) is 0 Å². The molecular weight excluding hydrogens is 234 g/mol. The van der Waals surface area contributed by atoms with Crippen LogP contribution in [-0.4, -0.2) is 24.0 Å². The maximum absolute atomic E-state index is 11.7. The molecule has 0 aromatic carbocycles. The van der Waals surface area contributed by atoms with E-state index in [9.17, 15) is 4.79 Å². The van der Waals surface area contributed by atoms with Crippen molar-refractivity contribution in [2.75, 3.05) is 13.1 Å². The molecule has 3 N–H and O–H groups in total. The number of nitrogens with two attached hydrogens (primary N) is 1. The van der Waals surface area contributed by atoms with Crippen LogP contribution in [0.3, 0.4) is 0 Å². The molecule has 0 aliphatic heterocycles. The molecule has 0 saturated heterocycles. The molecule has 0 saturated carbocycles. The van der Waals surface area contributed by atoms with Gasteiger partial charge in [0, 0.05) is 17.5 Å². The molecule has 0 bridgehead atoms. The van der Waals surface area contributed by atoms with Crippen molar-refractivity contribution in [2.24, 2.45) is 5.73 Å². The minimum Gasteiger partial charge on any atom is -0.351 e. The summed E-state index contributed by atoms with van der Waals surface area (Å²) in [5, 5.41) is 5.33. The number of carbonyl (C=O) groups is 1. The number of amides is 1. The lowest BCUT2D eigenvalue weighted by molar-refractivity contribution is 0.0949. The molecule has 0 unspecified atom stereocenters. The van der Waals surface area contributed by atoms with Crippen LogP contribution in [-0.2, 0) is 0 Å². The third-order valence-corrected chi connectivity index (χ3v) is 3.07. The van der Waals surface area contributed by atoms with Crippen molar-refractivity contribution < 1.29 is 4.79 Å². The predicted molar refractivity (Wildman–Crippen MR) is 72.0 cm³/mol. The van der Waals surface area contributed by atoms with Crippen LogP contribution < -0.4 is 11.1 Å². The number of hydrogen-bond acceptors (Lipinski definition) is 4. The van der Waals surface area contributed by atoms with Crippen molar-refractivity contribution in [3.05, 3.63) is 34.8 Å². The number of rotatable bonds is 6. The van der Waals surface area contributed by atoms with Gasteiger partial charge in [0.1, 0.15) is 10.7 Å². The van der Waals surface area contributed by atoms with Gasteiger partial charge >= 0.3 is 0 Å². The fourth-order valence-corrected chi connectivity index (χ4v) is 2.11. The molecule has 5 heteroatoms. The molecule has 1 rings (SSSR count). The fraction of sp³-hybridized carbons (Fsp3) is 0.333. The van der Waals surface area contributed by atoms with E-state index in [-0.39, 0.29) is 5.91 Å². The normalized spacial score (nSPS) is 11.3. The summed E-state index contributed by atoms with van der Waals surface area (Å²) in [6.45, 7) is 6.78. The monoisotopic (exact) mass is 251 g/mol. The Hall–Kier alpha value is -1.46. The summed E-state index contributed by atoms with van der Waals surface area (Å²) in [6, 6.07) is 0. The molecule has 0 atom stereocenters. The summed E-state index contributed by atoms with van der Waals surface area (Å²) >= 11 is 1.44. The van der Waals surface area contributed by atoms with Gasteiger partial charge in [0.15, 0.2) is 0 Å². The predicted octanol–water partition coefficient (Wildman–Crippen LogP) is 1.81. The minimum atomic E-state index is -0.152. The molecule has 1 aromatic rings. The summed E-state index contributed by atoms with van der Waals surface area (Å²) in [7, 11) is 0. The Balaban J connectivity index is 2.67. The van der Waals surface area contributed by atoms with Gasteiger partial charge in [-0.2, -0.15) is 0 Å². The SMILES string of the molecule is C=C/C(=C\C)c1nc(C(=O)NCCCN)cs1. The van der Waals surface area contributed by atoms with E-state index in [0.29, 0.717) is 18.8 Å². The van der Waals surface area contributed by atoms with Crippen molar-refractivity contribution in [3.63, 3.8) is 0 Å². The van der Waals surface area contributed by atoms with E-state index in [0.717, 1.165) is 17.0 Å². The quantitative estimate of drug-likeness (QED) is 0.598. The summed E-state index contributed by atoms with van der Waals surface area (Å²) in [5.74, 6) is -0.152. The summed E-state index contributed by atoms with van der Waals surface area (Å²) in [4.78, 5) is 15.9.